The predicted octanol–water partition coefficient (Wildman–Crippen LogP) is 3.04. The molecule has 0 saturated heterocycles. The predicted molar refractivity (Wildman–Crippen MR) is 71.5 cm³/mol. The van der Waals surface area contributed by atoms with Crippen molar-refractivity contribution < 1.29 is 22.7 Å². The average molecular weight is 294 g/mol. The number of carbonyl (C=O) groups is 1. The zero-order chi connectivity index (χ0) is 15.2. The summed E-state index contributed by atoms with van der Waals surface area (Å²) < 4.78 is 33.2. The first kappa shape index (κ1) is 14.7. The Balaban J connectivity index is 2.00. The van der Waals surface area contributed by atoms with Crippen LogP contribution < -0.4 is 10.2 Å². The van der Waals surface area contributed by atoms with Gasteiger partial charge in [-0.2, -0.15) is 13.9 Å². The number of nitrogens with zero attached hydrogens (tertiary/aromatic N) is 1. The molecule has 0 atom stereocenters. The molecule has 1 aromatic heterocycles. The topological polar surface area (TPSA) is 63.8 Å². The van der Waals surface area contributed by atoms with Gasteiger partial charge in [0.25, 0.3) is 0 Å². The molecule has 0 aliphatic heterocycles. The Bertz CT molecular complexity index is 622. The van der Waals surface area contributed by atoms with Gasteiger partial charge in [0.1, 0.15) is 5.75 Å². The lowest BCUT2D eigenvalue weighted by atomic mass is 10.1. The second-order valence-corrected chi connectivity index (χ2v) is 4.02. The number of carbonyl (C=O) groups excluding carboxylic acids is 1. The van der Waals surface area contributed by atoms with Crippen molar-refractivity contribution in [2.75, 3.05) is 0 Å². The van der Waals surface area contributed by atoms with E-state index in [0.717, 1.165) is 0 Å². The van der Waals surface area contributed by atoms with Crippen molar-refractivity contribution >= 4 is 11.6 Å². The van der Waals surface area contributed by atoms with Crippen molar-refractivity contribution in [3.8, 4) is 5.75 Å². The average Bonchev–Trinajstić information content (AvgIpc) is 2.99. The molecular weight excluding hydrogens is 282 g/mol. The third-order valence-corrected chi connectivity index (χ3v) is 2.57. The summed E-state index contributed by atoms with van der Waals surface area (Å²) in [6.07, 6.45) is 1.38. The first-order valence-electron chi connectivity index (χ1n) is 5.99. The molecule has 0 saturated carbocycles. The number of nitrogens with one attached hydrogen (secondary N) is 1. The normalized spacial score (nSPS) is 11.5. The molecule has 0 aliphatic carbocycles. The number of hydrazone groups is 1. The van der Waals surface area contributed by atoms with Gasteiger partial charge in [-0.1, -0.05) is 0 Å². The molecule has 0 unspecified atom stereocenters. The minimum absolute atomic E-state index is 0.0566. The summed E-state index contributed by atoms with van der Waals surface area (Å²) in [5.41, 5.74) is 3.51. The smallest absolute Gasteiger partial charge is 0.387 e. The van der Waals surface area contributed by atoms with Crippen molar-refractivity contribution in [1.82, 2.24) is 5.43 Å². The summed E-state index contributed by atoms with van der Waals surface area (Å²) in [6, 6.07) is 9.03. The van der Waals surface area contributed by atoms with Gasteiger partial charge < -0.3 is 9.15 Å². The van der Waals surface area contributed by atoms with Crippen LogP contribution in [0.3, 0.4) is 0 Å². The third kappa shape index (κ3) is 4.13. The number of amides is 1. The van der Waals surface area contributed by atoms with Crippen molar-refractivity contribution in [3.63, 3.8) is 0 Å². The highest BCUT2D eigenvalue weighted by Gasteiger charge is 2.08. The zero-order valence-electron chi connectivity index (χ0n) is 11.0. The lowest BCUT2D eigenvalue weighted by molar-refractivity contribution is -0.0498. The van der Waals surface area contributed by atoms with Crippen LogP contribution in [0, 0.1) is 0 Å². The number of hydrogen-bond acceptors (Lipinski definition) is 4. The summed E-state index contributed by atoms with van der Waals surface area (Å²) in [6.45, 7) is -1.19. The van der Waals surface area contributed by atoms with Gasteiger partial charge >= 0.3 is 12.5 Å². The molecule has 110 valence electrons. The van der Waals surface area contributed by atoms with Crippen LogP contribution in [0.1, 0.15) is 23.0 Å². The van der Waals surface area contributed by atoms with E-state index in [1.807, 2.05) is 0 Å². The van der Waals surface area contributed by atoms with Crippen LogP contribution in [0.25, 0.3) is 0 Å². The SMILES string of the molecule is C/C(=N/NC(=O)c1ccco1)c1ccc(OC(F)F)cc1. The van der Waals surface area contributed by atoms with E-state index < -0.39 is 12.5 Å². The maximum absolute atomic E-state index is 12.0. The maximum Gasteiger partial charge on any atom is 0.387 e. The van der Waals surface area contributed by atoms with Crippen molar-refractivity contribution in [2.24, 2.45) is 5.10 Å². The van der Waals surface area contributed by atoms with Gasteiger partial charge in [-0.3, -0.25) is 4.79 Å². The number of benzene rings is 1. The lowest BCUT2D eigenvalue weighted by Gasteiger charge is -2.05. The molecule has 5 nitrogen and oxygen atoms in total. The molecule has 0 fully saturated rings. The molecule has 0 spiro atoms. The molecule has 0 bridgehead atoms. The first-order valence-corrected chi connectivity index (χ1v) is 5.99. The van der Waals surface area contributed by atoms with Crippen LogP contribution >= 0.6 is 0 Å². The largest absolute Gasteiger partial charge is 0.459 e. The van der Waals surface area contributed by atoms with Crippen LogP contribution in [-0.4, -0.2) is 18.2 Å². The molecule has 2 aromatic rings. The Morgan fingerprint density at radius 1 is 1.29 bits per heavy atom. The maximum atomic E-state index is 12.0. The van der Waals surface area contributed by atoms with E-state index in [2.05, 4.69) is 15.3 Å². The molecule has 1 heterocycles. The molecule has 1 amide bonds. The van der Waals surface area contributed by atoms with Gasteiger partial charge in [0.15, 0.2) is 5.76 Å². The summed E-state index contributed by atoms with van der Waals surface area (Å²) in [5.74, 6) is -0.273. The van der Waals surface area contributed by atoms with Crippen LogP contribution in [0.5, 0.6) is 5.75 Å². The Morgan fingerprint density at radius 3 is 2.57 bits per heavy atom. The Hall–Kier alpha value is -2.70. The van der Waals surface area contributed by atoms with Gasteiger partial charge in [-0.05, 0) is 48.9 Å². The van der Waals surface area contributed by atoms with Crippen LogP contribution in [0.15, 0.2) is 52.2 Å². The Kier molecular flexibility index (Phi) is 4.65. The lowest BCUT2D eigenvalue weighted by Crippen LogP contribution is -2.18. The second-order valence-electron chi connectivity index (χ2n) is 4.02. The minimum Gasteiger partial charge on any atom is -0.459 e. The van der Waals surface area contributed by atoms with Crippen LogP contribution in [-0.2, 0) is 0 Å². The number of halogens is 2. The van der Waals surface area contributed by atoms with E-state index in [0.29, 0.717) is 11.3 Å². The standard InChI is InChI=1S/C14H12F2N2O3/c1-9(17-18-13(19)12-3-2-8-20-12)10-4-6-11(7-5-10)21-14(15)16/h2-8,14H,1H3,(H,18,19)/b17-9-. The first-order chi connectivity index (χ1) is 10.1. The van der Waals surface area contributed by atoms with Crippen molar-refractivity contribution in [1.29, 1.82) is 0 Å². The number of ether oxygens (including phenoxy) is 1. The Labute approximate surface area is 119 Å². The summed E-state index contributed by atoms with van der Waals surface area (Å²) in [7, 11) is 0. The molecule has 0 radical (unpaired) electrons. The quantitative estimate of drug-likeness (QED) is 0.681. The highest BCUT2D eigenvalue weighted by atomic mass is 19.3. The highest BCUT2D eigenvalue weighted by Crippen LogP contribution is 2.15. The van der Waals surface area contributed by atoms with Gasteiger partial charge in [-0.25, -0.2) is 5.43 Å². The zero-order valence-corrected chi connectivity index (χ0v) is 11.0. The van der Waals surface area contributed by atoms with E-state index in [1.165, 1.54) is 24.5 Å². The summed E-state index contributed by atoms with van der Waals surface area (Å²) >= 11 is 0. The van der Waals surface area contributed by atoms with Gasteiger partial charge in [0.2, 0.25) is 0 Å². The minimum atomic E-state index is -2.86. The van der Waals surface area contributed by atoms with Gasteiger partial charge in [-0.15, -0.1) is 0 Å². The molecular formula is C14H12F2N2O3. The van der Waals surface area contributed by atoms with Crippen LogP contribution in [0.4, 0.5) is 8.78 Å². The van der Waals surface area contributed by atoms with E-state index in [-0.39, 0.29) is 11.5 Å². The fraction of sp³-hybridized carbons (Fsp3) is 0.143. The third-order valence-electron chi connectivity index (χ3n) is 2.57. The van der Waals surface area contributed by atoms with Gasteiger partial charge in [0, 0.05) is 0 Å². The second kappa shape index (κ2) is 6.65. The van der Waals surface area contributed by atoms with Gasteiger partial charge in [0.05, 0.1) is 12.0 Å². The molecule has 0 aliphatic rings. The molecule has 2 rings (SSSR count). The molecule has 7 heteroatoms. The molecule has 1 N–H and O–H groups in total. The fourth-order valence-electron chi connectivity index (χ4n) is 1.54. The number of furan rings is 1. The van der Waals surface area contributed by atoms with Crippen LogP contribution in [0.2, 0.25) is 0 Å². The number of rotatable bonds is 5. The molecule has 1 aromatic carbocycles. The molecule has 21 heavy (non-hydrogen) atoms. The monoisotopic (exact) mass is 294 g/mol. The van der Waals surface area contributed by atoms with Crippen molar-refractivity contribution in [2.45, 2.75) is 13.5 Å². The van der Waals surface area contributed by atoms with E-state index in [1.54, 1.807) is 25.1 Å². The summed E-state index contributed by atoms with van der Waals surface area (Å²) in [4.78, 5) is 11.6. The fourth-order valence-corrected chi connectivity index (χ4v) is 1.54. The summed E-state index contributed by atoms with van der Waals surface area (Å²) in [5, 5.41) is 3.91. The highest BCUT2D eigenvalue weighted by molar-refractivity contribution is 6.00. The van der Waals surface area contributed by atoms with E-state index in [9.17, 15) is 13.6 Å². The number of alkyl halides is 2. The van der Waals surface area contributed by atoms with E-state index >= 15 is 0 Å². The van der Waals surface area contributed by atoms with E-state index in [4.69, 9.17) is 4.42 Å². The van der Waals surface area contributed by atoms with Crippen molar-refractivity contribution in [3.05, 3.63) is 54.0 Å². The Morgan fingerprint density at radius 2 is 2.00 bits per heavy atom. The number of hydrogen-bond donors (Lipinski definition) is 1.